The van der Waals surface area contributed by atoms with Gasteiger partial charge >= 0.3 is 0 Å². The van der Waals surface area contributed by atoms with Crippen LogP contribution in [0.5, 0.6) is 0 Å². The van der Waals surface area contributed by atoms with Crippen molar-refractivity contribution in [3.05, 3.63) is 18.2 Å². The first kappa shape index (κ1) is 11.7. The molecule has 18 heavy (non-hydrogen) atoms. The van der Waals surface area contributed by atoms with E-state index in [1.54, 1.807) is 0 Å². The van der Waals surface area contributed by atoms with Crippen LogP contribution >= 0.6 is 0 Å². The van der Waals surface area contributed by atoms with Crippen LogP contribution in [0.25, 0.3) is 10.9 Å². The van der Waals surface area contributed by atoms with Crippen LogP contribution in [-0.4, -0.2) is 29.7 Å². The van der Waals surface area contributed by atoms with E-state index in [4.69, 9.17) is 5.73 Å². The highest BCUT2D eigenvalue weighted by atomic mass is 28.3. The van der Waals surface area contributed by atoms with Gasteiger partial charge in [-0.1, -0.05) is 0 Å². The number of nitrogens with zero attached hydrogens (tertiary/aromatic N) is 1. The first-order chi connectivity index (χ1) is 8.45. The van der Waals surface area contributed by atoms with Crippen LogP contribution in [0.4, 0.5) is 5.69 Å². The Labute approximate surface area is 108 Å². The van der Waals surface area contributed by atoms with Crippen LogP contribution < -0.4 is 11.1 Å². The van der Waals surface area contributed by atoms with Gasteiger partial charge in [-0.3, -0.25) is 5.10 Å². The van der Waals surface area contributed by atoms with Gasteiger partial charge in [-0.25, -0.2) is 0 Å². The summed E-state index contributed by atoms with van der Waals surface area (Å²) in [5, 5.41) is 20.0. The average Bonchev–Trinajstić information content (AvgIpc) is 2.56. The first-order valence-corrected chi connectivity index (χ1v) is 8.62. The number of aliphatic hydroxyl groups is 1. The highest BCUT2D eigenvalue weighted by Gasteiger charge is 2.41. The minimum absolute atomic E-state index is 0.440. The second-order valence-corrected chi connectivity index (χ2v) is 8.82. The van der Waals surface area contributed by atoms with Gasteiger partial charge in [0.05, 0.1) is 19.9 Å². The quantitative estimate of drug-likeness (QED) is 0.557. The molecule has 1 aromatic carbocycles. The fourth-order valence-corrected chi connectivity index (χ4v) is 6.56. The summed E-state index contributed by atoms with van der Waals surface area (Å²) in [5.41, 5.74) is 7.02. The van der Waals surface area contributed by atoms with Gasteiger partial charge in [-0.15, -0.1) is 0 Å². The molecule has 0 unspecified atom stereocenters. The number of nitrogens with two attached hydrogens (primary N) is 1. The number of rotatable bonds is 2. The Bertz CT molecular complexity index is 581. The maximum atomic E-state index is 9.98. The lowest BCUT2D eigenvalue weighted by atomic mass is 9.94. The summed E-state index contributed by atoms with van der Waals surface area (Å²) in [6.07, 6.45) is 0. The molecule has 0 radical (unpaired) electrons. The zero-order chi connectivity index (χ0) is 12.9. The number of hydrogen-bond donors (Lipinski definition) is 3. The lowest BCUT2D eigenvalue weighted by Crippen LogP contribution is -2.50. The molecule has 4 N–H and O–H groups in total. The first-order valence-electron chi connectivity index (χ1n) is 6.41. The molecule has 1 aliphatic rings. The van der Waals surface area contributed by atoms with E-state index in [1.807, 2.05) is 26.0 Å². The minimum atomic E-state index is -0.977. The number of nitrogen functional groups attached to an aromatic ring is 1. The lowest BCUT2D eigenvalue weighted by molar-refractivity contribution is 0.0254. The third kappa shape index (κ3) is 1.83. The molecule has 1 aromatic heterocycles. The standard InChI is InChI=1S/C13H19N3OSi/c1-13(2,17)8-6-18(7-8)12-10-4-3-9(14)5-11(10)15-16-12/h3-5,8,17-18H,6-7,14H2,1-2H3,(H,15,16). The second kappa shape index (κ2) is 3.83. The maximum Gasteiger partial charge on any atom is 0.0985 e. The molecule has 4 nitrogen and oxygen atoms in total. The van der Waals surface area contributed by atoms with Crippen molar-refractivity contribution in [2.75, 3.05) is 5.73 Å². The Hall–Kier alpha value is -1.33. The van der Waals surface area contributed by atoms with Gasteiger partial charge in [-0.2, -0.15) is 5.10 Å². The van der Waals surface area contributed by atoms with E-state index < -0.39 is 14.4 Å². The van der Waals surface area contributed by atoms with Crippen LogP contribution in [-0.2, 0) is 0 Å². The van der Waals surface area contributed by atoms with E-state index in [2.05, 4.69) is 16.3 Å². The van der Waals surface area contributed by atoms with E-state index in [0.29, 0.717) is 5.92 Å². The normalized spacial score (nSPS) is 24.2. The summed E-state index contributed by atoms with van der Waals surface area (Å²) < 4.78 is 0. The smallest absolute Gasteiger partial charge is 0.0985 e. The fraction of sp³-hybridized carbons (Fsp3) is 0.462. The number of benzene rings is 1. The molecule has 1 aliphatic heterocycles. The highest BCUT2D eigenvalue weighted by molar-refractivity contribution is 6.77. The van der Waals surface area contributed by atoms with Crippen molar-refractivity contribution in [1.29, 1.82) is 0 Å². The number of aromatic amines is 1. The van der Waals surface area contributed by atoms with E-state index in [0.717, 1.165) is 23.3 Å². The number of hydrogen-bond acceptors (Lipinski definition) is 3. The van der Waals surface area contributed by atoms with Gasteiger partial charge in [0.1, 0.15) is 0 Å². The molecule has 0 spiro atoms. The molecule has 0 amide bonds. The topological polar surface area (TPSA) is 74.9 Å². The van der Waals surface area contributed by atoms with Crippen molar-refractivity contribution in [2.45, 2.75) is 31.5 Å². The molecule has 2 aromatic rings. The van der Waals surface area contributed by atoms with Crippen LogP contribution in [0.15, 0.2) is 18.2 Å². The van der Waals surface area contributed by atoms with Crippen LogP contribution in [0.3, 0.4) is 0 Å². The lowest BCUT2D eigenvalue weighted by Gasteiger charge is -2.41. The Kier molecular flexibility index (Phi) is 2.50. The molecule has 1 saturated heterocycles. The summed E-state index contributed by atoms with van der Waals surface area (Å²) >= 11 is 0. The Morgan fingerprint density at radius 1 is 1.44 bits per heavy atom. The Morgan fingerprint density at radius 3 is 2.83 bits per heavy atom. The highest BCUT2D eigenvalue weighted by Crippen LogP contribution is 2.37. The van der Waals surface area contributed by atoms with Crippen molar-refractivity contribution in [1.82, 2.24) is 10.2 Å². The molecule has 0 aliphatic carbocycles. The number of fused-ring (bicyclic) bond motifs is 1. The zero-order valence-corrected chi connectivity index (χ0v) is 11.9. The monoisotopic (exact) mass is 261 g/mol. The summed E-state index contributed by atoms with van der Waals surface area (Å²) in [6, 6.07) is 8.23. The van der Waals surface area contributed by atoms with Gasteiger partial charge in [0.25, 0.3) is 0 Å². The van der Waals surface area contributed by atoms with Gasteiger partial charge in [-0.05, 0) is 50.1 Å². The van der Waals surface area contributed by atoms with Gasteiger partial charge in [0, 0.05) is 16.4 Å². The average molecular weight is 261 g/mol. The summed E-state index contributed by atoms with van der Waals surface area (Å²) in [7, 11) is -0.977. The zero-order valence-electron chi connectivity index (χ0n) is 10.8. The van der Waals surface area contributed by atoms with Crippen molar-refractivity contribution in [3.8, 4) is 0 Å². The van der Waals surface area contributed by atoms with Gasteiger partial charge < -0.3 is 10.8 Å². The van der Waals surface area contributed by atoms with E-state index in [1.165, 1.54) is 10.7 Å². The molecule has 0 bridgehead atoms. The molecular formula is C13H19N3OSi. The van der Waals surface area contributed by atoms with Crippen LogP contribution in [0.2, 0.25) is 12.1 Å². The van der Waals surface area contributed by atoms with E-state index in [-0.39, 0.29) is 0 Å². The predicted octanol–water partition coefficient (Wildman–Crippen LogP) is 0.980. The molecule has 5 heteroatoms. The molecule has 0 atom stereocenters. The van der Waals surface area contributed by atoms with Crippen molar-refractivity contribution < 1.29 is 5.11 Å². The Morgan fingerprint density at radius 2 is 2.17 bits per heavy atom. The molecule has 96 valence electrons. The minimum Gasteiger partial charge on any atom is -0.399 e. The number of aromatic nitrogens is 2. The number of H-pyrrole nitrogens is 1. The maximum absolute atomic E-state index is 9.98. The molecular weight excluding hydrogens is 242 g/mol. The van der Waals surface area contributed by atoms with Crippen molar-refractivity contribution >= 4 is 30.7 Å². The largest absolute Gasteiger partial charge is 0.399 e. The van der Waals surface area contributed by atoms with Gasteiger partial charge in [0.2, 0.25) is 0 Å². The third-order valence-electron chi connectivity index (χ3n) is 4.14. The number of anilines is 1. The molecule has 1 fully saturated rings. The Balaban J connectivity index is 1.85. The summed E-state index contributed by atoms with van der Waals surface area (Å²) in [4.78, 5) is 0. The van der Waals surface area contributed by atoms with Crippen LogP contribution in [0, 0.1) is 5.92 Å². The van der Waals surface area contributed by atoms with Crippen molar-refractivity contribution in [2.24, 2.45) is 5.92 Å². The SMILES string of the molecule is CC(C)(O)C1C[SiH](c2n[nH]c3cc(N)ccc23)C1. The van der Waals surface area contributed by atoms with Crippen molar-refractivity contribution in [3.63, 3.8) is 0 Å². The fourth-order valence-electron chi connectivity index (χ4n) is 2.79. The summed E-state index contributed by atoms with van der Waals surface area (Å²) in [5.74, 6) is 0.440. The van der Waals surface area contributed by atoms with E-state index >= 15 is 0 Å². The van der Waals surface area contributed by atoms with E-state index in [9.17, 15) is 5.11 Å². The molecule has 2 heterocycles. The number of nitrogens with one attached hydrogen (secondary N) is 1. The second-order valence-electron chi connectivity index (χ2n) is 5.93. The molecule has 0 saturated carbocycles. The predicted molar refractivity (Wildman–Crippen MR) is 76.7 cm³/mol. The molecule has 3 rings (SSSR count). The summed E-state index contributed by atoms with van der Waals surface area (Å²) in [6.45, 7) is 3.82. The van der Waals surface area contributed by atoms with Crippen LogP contribution in [0.1, 0.15) is 13.8 Å². The third-order valence-corrected chi connectivity index (χ3v) is 7.63. The van der Waals surface area contributed by atoms with Gasteiger partial charge in [0.15, 0.2) is 0 Å².